The van der Waals surface area contributed by atoms with Gasteiger partial charge >= 0.3 is 6.03 Å². The van der Waals surface area contributed by atoms with Crippen LogP contribution in [0, 0.1) is 5.92 Å². The van der Waals surface area contributed by atoms with E-state index in [2.05, 4.69) is 15.6 Å². The second-order valence-electron chi connectivity index (χ2n) is 7.28. The number of hydrogen-bond acceptors (Lipinski definition) is 5. The molecule has 2 N–H and O–H groups in total. The molecule has 2 aliphatic rings. The summed E-state index contributed by atoms with van der Waals surface area (Å²) in [4.78, 5) is 43.2. The van der Waals surface area contributed by atoms with Crippen LogP contribution in [0.25, 0.3) is 0 Å². The molecule has 1 unspecified atom stereocenters. The predicted octanol–water partition coefficient (Wildman–Crippen LogP) is 3.05. The summed E-state index contributed by atoms with van der Waals surface area (Å²) in [6.07, 6.45) is 4.17. The molecule has 1 saturated carbocycles. The maximum absolute atomic E-state index is 12.6. The third-order valence-electron chi connectivity index (χ3n) is 5.06. The van der Waals surface area contributed by atoms with E-state index < -0.39 is 17.5 Å². The van der Waals surface area contributed by atoms with E-state index in [-0.39, 0.29) is 18.4 Å². The Hall–Kier alpha value is -2.45. The summed E-state index contributed by atoms with van der Waals surface area (Å²) in [6.45, 7) is 1.40. The maximum atomic E-state index is 12.6. The smallest absolute Gasteiger partial charge is 0.323 e. The number of nitrogens with one attached hydrogen (secondary N) is 2. The lowest BCUT2D eigenvalue weighted by Crippen LogP contribution is -2.46. The van der Waals surface area contributed by atoms with E-state index in [9.17, 15) is 14.4 Å². The molecule has 0 spiro atoms. The Kier molecular flexibility index (Phi) is 4.84. The van der Waals surface area contributed by atoms with Crippen LogP contribution < -0.4 is 10.6 Å². The van der Waals surface area contributed by atoms with Crippen molar-refractivity contribution in [3.05, 3.63) is 45.9 Å². The number of anilines is 1. The molecule has 1 aromatic heterocycles. The van der Waals surface area contributed by atoms with Crippen molar-refractivity contribution in [2.75, 3.05) is 11.9 Å². The molecule has 1 atom stereocenters. The molecule has 2 aromatic rings. The van der Waals surface area contributed by atoms with Crippen molar-refractivity contribution in [3.63, 3.8) is 0 Å². The highest BCUT2D eigenvalue weighted by Gasteiger charge is 2.56. The fourth-order valence-electron chi connectivity index (χ4n) is 3.39. The zero-order valence-electron chi connectivity index (χ0n) is 15.2. The highest BCUT2D eigenvalue weighted by molar-refractivity contribution is 7.15. The second kappa shape index (κ2) is 7.18. The minimum atomic E-state index is -0.886. The molecule has 9 heteroatoms. The zero-order chi connectivity index (χ0) is 19.9. The lowest BCUT2D eigenvalue weighted by molar-refractivity contribution is -0.134. The molecule has 1 aliphatic carbocycles. The number of hydrogen-bond donors (Lipinski definition) is 2. The van der Waals surface area contributed by atoms with Crippen LogP contribution in [0.5, 0.6) is 0 Å². The lowest BCUT2D eigenvalue weighted by atomic mass is 9.96. The minimum Gasteiger partial charge on any atom is -0.323 e. The number of rotatable bonds is 6. The maximum Gasteiger partial charge on any atom is 0.325 e. The Morgan fingerprint density at radius 3 is 2.93 bits per heavy atom. The summed E-state index contributed by atoms with van der Waals surface area (Å²) < 4.78 is 0. The first kappa shape index (κ1) is 18.9. The summed E-state index contributed by atoms with van der Waals surface area (Å²) in [5.41, 5.74) is 0.163. The summed E-state index contributed by atoms with van der Waals surface area (Å²) in [5, 5.41) is 6.50. The van der Waals surface area contributed by atoms with Gasteiger partial charge in [-0.1, -0.05) is 23.7 Å². The number of carbonyl (C=O) groups is 3. The van der Waals surface area contributed by atoms with E-state index in [1.165, 1.54) is 11.3 Å². The number of imide groups is 1. The van der Waals surface area contributed by atoms with E-state index in [0.29, 0.717) is 16.6 Å². The average Bonchev–Trinajstić information content (AvgIpc) is 3.37. The Morgan fingerprint density at radius 2 is 2.21 bits per heavy atom. The molecule has 146 valence electrons. The summed E-state index contributed by atoms with van der Waals surface area (Å²) >= 11 is 7.35. The largest absolute Gasteiger partial charge is 0.325 e. The third-order valence-corrected chi connectivity index (χ3v) is 6.21. The zero-order valence-corrected chi connectivity index (χ0v) is 16.8. The first-order chi connectivity index (χ1) is 13.3. The molecular formula is C19H19ClN4O3S. The molecule has 0 radical (unpaired) electrons. The van der Waals surface area contributed by atoms with Crippen LogP contribution in [0.2, 0.25) is 5.02 Å². The minimum absolute atomic E-state index is 0.157. The van der Waals surface area contributed by atoms with Crippen molar-refractivity contribution in [2.45, 2.75) is 31.7 Å². The number of halogens is 1. The first-order valence-corrected chi connectivity index (χ1v) is 10.2. The van der Waals surface area contributed by atoms with Gasteiger partial charge in [0.15, 0.2) is 5.13 Å². The quantitative estimate of drug-likeness (QED) is 0.705. The molecule has 1 aliphatic heterocycles. The monoisotopic (exact) mass is 418 g/mol. The topological polar surface area (TPSA) is 91.4 Å². The molecule has 4 amide bonds. The van der Waals surface area contributed by atoms with Gasteiger partial charge in [0, 0.05) is 22.5 Å². The Bertz CT molecular complexity index is 958. The van der Waals surface area contributed by atoms with E-state index in [0.717, 1.165) is 28.2 Å². The van der Waals surface area contributed by atoms with Crippen molar-refractivity contribution >= 4 is 45.9 Å². The number of urea groups is 1. The third kappa shape index (κ3) is 3.74. The second-order valence-corrected chi connectivity index (χ2v) is 8.84. The highest BCUT2D eigenvalue weighted by atomic mass is 35.5. The van der Waals surface area contributed by atoms with Crippen LogP contribution in [0.15, 0.2) is 30.5 Å². The van der Waals surface area contributed by atoms with Crippen LogP contribution in [0.1, 0.15) is 30.2 Å². The lowest BCUT2D eigenvalue weighted by Gasteiger charge is -2.20. The Morgan fingerprint density at radius 1 is 1.43 bits per heavy atom. The van der Waals surface area contributed by atoms with Gasteiger partial charge in [-0.3, -0.25) is 14.5 Å². The number of aromatic nitrogens is 1. The number of thiazole rings is 1. The van der Waals surface area contributed by atoms with Gasteiger partial charge in [-0.2, -0.15) is 0 Å². The van der Waals surface area contributed by atoms with Crippen LogP contribution in [0.3, 0.4) is 0 Å². The summed E-state index contributed by atoms with van der Waals surface area (Å²) in [5.74, 6) is -0.631. The van der Waals surface area contributed by atoms with Crippen LogP contribution in [-0.4, -0.2) is 39.8 Å². The predicted molar refractivity (Wildman–Crippen MR) is 106 cm³/mol. The summed E-state index contributed by atoms with van der Waals surface area (Å²) in [6, 6.07) is 7.03. The van der Waals surface area contributed by atoms with Gasteiger partial charge in [0.05, 0.1) is 0 Å². The molecule has 1 saturated heterocycles. The highest BCUT2D eigenvalue weighted by Crippen LogP contribution is 2.42. The van der Waals surface area contributed by atoms with Gasteiger partial charge < -0.3 is 10.6 Å². The molecule has 2 heterocycles. The molecule has 28 heavy (non-hydrogen) atoms. The van der Waals surface area contributed by atoms with Gasteiger partial charge in [-0.25, -0.2) is 9.78 Å². The van der Waals surface area contributed by atoms with E-state index in [1.54, 1.807) is 13.1 Å². The van der Waals surface area contributed by atoms with E-state index in [1.807, 2.05) is 24.3 Å². The molecule has 1 aromatic carbocycles. The van der Waals surface area contributed by atoms with Gasteiger partial charge in [0.1, 0.15) is 12.1 Å². The fourth-order valence-corrected chi connectivity index (χ4v) is 4.47. The van der Waals surface area contributed by atoms with Crippen molar-refractivity contribution in [1.29, 1.82) is 0 Å². The number of benzene rings is 1. The summed E-state index contributed by atoms with van der Waals surface area (Å²) in [7, 11) is 0. The molecule has 2 fully saturated rings. The molecule has 4 rings (SSSR count). The molecule has 7 nitrogen and oxygen atoms in total. The van der Waals surface area contributed by atoms with Crippen molar-refractivity contribution < 1.29 is 14.4 Å². The SMILES string of the molecule is CC1(C2CC2)NC(=O)N(CC(=O)Nc2ncc(Cc3cccc(Cl)c3)s2)C1=O. The van der Waals surface area contributed by atoms with Crippen LogP contribution in [0.4, 0.5) is 9.93 Å². The van der Waals surface area contributed by atoms with Crippen molar-refractivity contribution in [2.24, 2.45) is 5.92 Å². The number of nitrogens with zero attached hydrogens (tertiary/aromatic N) is 2. The van der Waals surface area contributed by atoms with E-state index >= 15 is 0 Å². The van der Waals surface area contributed by atoms with Crippen molar-refractivity contribution in [1.82, 2.24) is 15.2 Å². The average molecular weight is 419 g/mol. The normalized spacial score (nSPS) is 21.7. The van der Waals surface area contributed by atoms with Crippen LogP contribution >= 0.6 is 22.9 Å². The standard InChI is InChI=1S/C19H19ClN4O3S/c1-19(12-5-6-12)16(26)24(18(27)23-19)10-15(25)22-17-21-9-14(28-17)8-11-3-2-4-13(20)7-11/h2-4,7,9,12H,5-6,8,10H2,1H3,(H,23,27)(H,21,22,25). The Balaban J connectivity index is 1.36. The number of carbonyl (C=O) groups excluding carboxylic acids is 3. The molecule has 0 bridgehead atoms. The van der Waals surface area contributed by atoms with Crippen molar-refractivity contribution in [3.8, 4) is 0 Å². The molecular weight excluding hydrogens is 400 g/mol. The van der Waals surface area contributed by atoms with E-state index in [4.69, 9.17) is 11.6 Å². The number of amides is 4. The first-order valence-electron chi connectivity index (χ1n) is 8.98. The van der Waals surface area contributed by atoms with Gasteiger partial charge in [0.2, 0.25) is 5.91 Å². The van der Waals surface area contributed by atoms with Gasteiger partial charge in [-0.15, -0.1) is 11.3 Å². The van der Waals surface area contributed by atoms with Gasteiger partial charge in [0.25, 0.3) is 5.91 Å². The fraction of sp³-hybridized carbons (Fsp3) is 0.368. The van der Waals surface area contributed by atoms with Crippen LogP contribution in [-0.2, 0) is 16.0 Å². The Labute approximate surface area is 171 Å². The van der Waals surface area contributed by atoms with Gasteiger partial charge in [-0.05, 0) is 43.4 Å².